The maximum atomic E-state index is 11.9. The zero-order chi connectivity index (χ0) is 15.4. The fourth-order valence-corrected chi connectivity index (χ4v) is 3.41. The molecule has 0 saturated heterocycles. The molecule has 0 spiro atoms. The van der Waals surface area contributed by atoms with Crippen LogP contribution in [-0.2, 0) is 4.79 Å². The molecule has 0 aromatic carbocycles. The fraction of sp³-hybridized carbons (Fsp3) is 0.385. The average molecular weight is 324 g/mol. The minimum atomic E-state index is -0.159. The molecule has 0 radical (unpaired) electrons. The molecule has 0 aliphatic heterocycles. The molecule has 0 unspecified atom stereocenters. The molecule has 2 N–H and O–H groups in total. The molecule has 8 heteroatoms. The number of aromatic nitrogens is 2. The van der Waals surface area contributed by atoms with Crippen LogP contribution in [0.3, 0.4) is 0 Å². The molecule has 2 aromatic heterocycles. The van der Waals surface area contributed by atoms with E-state index in [1.54, 1.807) is 0 Å². The molecule has 2 heterocycles. The summed E-state index contributed by atoms with van der Waals surface area (Å²) < 4.78 is 0. The highest BCUT2D eigenvalue weighted by Crippen LogP contribution is 2.33. The van der Waals surface area contributed by atoms with Crippen LogP contribution in [0.5, 0.6) is 0 Å². The second-order valence-electron chi connectivity index (χ2n) is 4.41. The van der Waals surface area contributed by atoms with Crippen LogP contribution in [0.2, 0.25) is 0 Å². The Labute approximate surface area is 130 Å². The van der Waals surface area contributed by atoms with E-state index in [4.69, 9.17) is 0 Å². The van der Waals surface area contributed by atoms with Gasteiger partial charge in [0, 0.05) is 18.8 Å². The van der Waals surface area contributed by atoms with Crippen LogP contribution in [0.1, 0.15) is 35.8 Å². The van der Waals surface area contributed by atoms with Gasteiger partial charge in [-0.1, -0.05) is 18.3 Å². The molecular formula is C13H16N4O2S2. The van der Waals surface area contributed by atoms with Crippen molar-refractivity contribution in [3.05, 3.63) is 16.1 Å². The minimum Gasteiger partial charge on any atom is -0.350 e. The molecule has 0 aliphatic rings. The van der Waals surface area contributed by atoms with Crippen molar-refractivity contribution in [1.82, 2.24) is 15.3 Å². The molecule has 0 aliphatic carbocycles. The van der Waals surface area contributed by atoms with Crippen molar-refractivity contribution in [1.29, 1.82) is 0 Å². The summed E-state index contributed by atoms with van der Waals surface area (Å²) in [5.41, 5.74) is 1.50. The van der Waals surface area contributed by atoms with Gasteiger partial charge in [0.25, 0.3) is 5.91 Å². The topological polar surface area (TPSA) is 84.0 Å². The Hall–Kier alpha value is -1.80. The molecule has 112 valence electrons. The van der Waals surface area contributed by atoms with E-state index in [1.165, 1.54) is 29.6 Å². The van der Waals surface area contributed by atoms with Gasteiger partial charge < -0.3 is 10.6 Å². The summed E-state index contributed by atoms with van der Waals surface area (Å²) in [5, 5.41) is 8.27. The number of hydrogen-bond acceptors (Lipinski definition) is 6. The SMILES string of the molecule is CCCNC(=O)c1nc(-c2sc(NC(C)=O)nc2C)cs1. The van der Waals surface area contributed by atoms with Crippen LogP contribution in [0.4, 0.5) is 5.13 Å². The van der Waals surface area contributed by atoms with E-state index in [9.17, 15) is 9.59 Å². The Morgan fingerprint density at radius 3 is 2.76 bits per heavy atom. The first-order chi connectivity index (χ1) is 10.0. The maximum absolute atomic E-state index is 11.9. The Morgan fingerprint density at radius 2 is 2.10 bits per heavy atom. The summed E-state index contributed by atoms with van der Waals surface area (Å²) in [6, 6.07) is 0. The minimum absolute atomic E-state index is 0.155. The number of carbonyl (C=O) groups excluding carboxylic acids is 2. The van der Waals surface area contributed by atoms with E-state index in [-0.39, 0.29) is 11.8 Å². The van der Waals surface area contributed by atoms with E-state index in [0.717, 1.165) is 17.0 Å². The molecule has 2 rings (SSSR count). The summed E-state index contributed by atoms with van der Waals surface area (Å²) in [7, 11) is 0. The van der Waals surface area contributed by atoms with Gasteiger partial charge in [0.05, 0.1) is 16.3 Å². The van der Waals surface area contributed by atoms with Gasteiger partial charge in [0.2, 0.25) is 5.91 Å². The van der Waals surface area contributed by atoms with Crippen molar-refractivity contribution in [2.24, 2.45) is 0 Å². The second kappa shape index (κ2) is 6.77. The Kier molecular flexibility index (Phi) is 5.03. The quantitative estimate of drug-likeness (QED) is 0.885. The zero-order valence-electron chi connectivity index (χ0n) is 12.0. The first-order valence-corrected chi connectivity index (χ1v) is 8.20. The molecule has 2 aromatic rings. The lowest BCUT2D eigenvalue weighted by atomic mass is 10.3. The molecule has 21 heavy (non-hydrogen) atoms. The van der Waals surface area contributed by atoms with E-state index < -0.39 is 0 Å². The Morgan fingerprint density at radius 1 is 1.33 bits per heavy atom. The van der Waals surface area contributed by atoms with Crippen LogP contribution in [-0.4, -0.2) is 28.3 Å². The summed E-state index contributed by atoms with van der Waals surface area (Å²) in [6.45, 7) is 5.93. The number of rotatable bonds is 5. The normalized spacial score (nSPS) is 10.4. The fourth-order valence-electron chi connectivity index (χ4n) is 1.63. The smallest absolute Gasteiger partial charge is 0.280 e. The number of thiazole rings is 2. The van der Waals surface area contributed by atoms with Gasteiger partial charge in [-0.15, -0.1) is 11.3 Å². The van der Waals surface area contributed by atoms with Crippen molar-refractivity contribution >= 4 is 39.6 Å². The molecule has 6 nitrogen and oxygen atoms in total. The molecule has 0 saturated carbocycles. The van der Waals surface area contributed by atoms with Gasteiger partial charge in [-0.3, -0.25) is 9.59 Å². The van der Waals surface area contributed by atoms with Crippen molar-refractivity contribution in [2.75, 3.05) is 11.9 Å². The largest absolute Gasteiger partial charge is 0.350 e. The Bertz CT molecular complexity index is 663. The van der Waals surface area contributed by atoms with Crippen LogP contribution in [0.25, 0.3) is 10.6 Å². The van der Waals surface area contributed by atoms with Gasteiger partial charge in [-0.2, -0.15) is 0 Å². The summed E-state index contributed by atoms with van der Waals surface area (Å²) >= 11 is 2.66. The summed E-state index contributed by atoms with van der Waals surface area (Å²) in [4.78, 5) is 32.4. The highest BCUT2D eigenvalue weighted by Gasteiger charge is 2.16. The van der Waals surface area contributed by atoms with Crippen LogP contribution < -0.4 is 10.6 Å². The van der Waals surface area contributed by atoms with Gasteiger partial charge >= 0.3 is 0 Å². The Balaban J connectivity index is 2.19. The third-order valence-electron chi connectivity index (χ3n) is 2.55. The molecule has 0 bridgehead atoms. The van der Waals surface area contributed by atoms with Crippen molar-refractivity contribution in [2.45, 2.75) is 27.2 Å². The zero-order valence-corrected chi connectivity index (χ0v) is 13.7. The second-order valence-corrected chi connectivity index (χ2v) is 6.27. The van der Waals surface area contributed by atoms with Crippen LogP contribution in [0, 0.1) is 6.92 Å². The van der Waals surface area contributed by atoms with E-state index in [1.807, 2.05) is 19.2 Å². The number of nitrogens with one attached hydrogen (secondary N) is 2. The van der Waals surface area contributed by atoms with Gasteiger partial charge in [0.15, 0.2) is 10.1 Å². The first-order valence-electron chi connectivity index (χ1n) is 6.50. The summed E-state index contributed by atoms with van der Waals surface area (Å²) in [6.07, 6.45) is 0.887. The van der Waals surface area contributed by atoms with Gasteiger partial charge in [0.1, 0.15) is 0 Å². The number of anilines is 1. The number of aryl methyl sites for hydroxylation is 1. The first kappa shape index (κ1) is 15.6. The van der Waals surface area contributed by atoms with Crippen LogP contribution >= 0.6 is 22.7 Å². The summed E-state index contributed by atoms with van der Waals surface area (Å²) in [5.74, 6) is -0.314. The van der Waals surface area contributed by atoms with Crippen LogP contribution in [0.15, 0.2) is 5.38 Å². The molecule has 2 amide bonds. The van der Waals surface area contributed by atoms with Crippen molar-refractivity contribution < 1.29 is 9.59 Å². The lowest BCUT2D eigenvalue weighted by Crippen LogP contribution is -2.23. The third-order valence-corrected chi connectivity index (χ3v) is 4.48. The maximum Gasteiger partial charge on any atom is 0.280 e. The van der Waals surface area contributed by atoms with Crippen molar-refractivity contribution in [3.63, 3.8) is 0 Å². The standard InChI is InChI=1S/C13H16N4O2S2/c1-4-5-14-11(19)12-17-9(6-20-12)10-7(2)15-13(21-10)16-8(3)18/h6H,4-5H2,1-3H3,(H,14,19)(H,15,16,18). The van der Waals surface area contributed by atoms with Gasteiger partial charge in [-0.25, -0.2) is 9.97 Å². The number of carbonyl (C=O) groups is 2. The monoisotopic (exact) mass is 324 g/mol. The van der Waals surface area contributed by atoms with E-state index in [0.29, 0.717) is 22.4 Å². The van der Waals surface area contributed by atoms with Gasteiger partial charge in [-0.05, 0) is 13.3 Å². The highest BCUT2D eigenvalue weighted by molar-refractivity contribution is 7.19. The predicted octanol–water partition coefficient (Wildman–Crippen LogP) is 2.67. The lowest BCUT2D eigenvalue weighted by molar-refractivity contribution is -0.114. The lowest BCUT2D eigenvalue weighted by Gasteiger charge is -1.98. The number of hydrogen-bond donors (Lipinski definition) is 2. The third kappa shape index (κ3) is 3.85. The average Bonchev–Trinajstić information content (AvgIpc) is 3.02. The number of amides is 2. The predicted molar refractivity (Wildman–Crippen MR) is 84.9 cm³/mol. The molecular weight excluding hydrogens is 308 g/mol. The highest BCUT2D eigenvalue weighted by atomic mass is 32.1. The van der Waals surface area contributed by atoms with E-state index >= 15 is 0 Å². The van der Waals surface area contributed by atoms with E-state index in [2.05, 4.69) is 20.6 Å². The molecule has 0 atom stereocenters. The molecule has 0 fully saturated rings. The van der Waals surface area contributed by atoms with Crippen molar-refractivity contribution in [3.8, 4) is 10.6 Å². The number of nitrogens with zero attached hydrogens (tertiary/aromatic N) is 2.